The third-order valence-corrected chi connectivity index (χ3v) is 4.25. The van der Waals surface area contributed by atoms with Crippen LogP contribution in [0.5, 0.6) is 0 Å². The molecule has 1 N–H and O–H groups in total. The summed E-state index contributed by atoms with van der Waals surface area (Å²) in [6.07, 6.45) is 6.28. The monoisotopic (exact) mass is 253 g/mol. The minimum absolute atomic E-state index is 0.211. The molecule has 0 unspecified atom stereocenters. The van der Waals surface area contributed by atoms with E-state index >= 15 is 0 Å². The molecule has 1 saturated heterocycles. The van der Waals surface area contributed by atoms with E-state index in [4.69, 9.17) is 0 Å². The van der Waals surface area contributed by atoms with Gasteiger partial charge in [-0.15, -0.1) is 0 Å². The Morgan fingerprint density at radius 1 is 1.28 bits per heavy atom. The van der Waals surface area contributed by atoms with Crippen molar-refractivity contribution in [3.8, 4) is 0 Å². The molecule has 1 aliphatic carbocycles. The van der Waals surface area contributed by atoms with Gasteiger partial charge in [-0.1, -0.05) is 0 Å². The van der Waals surface area contributed by atoms with Gasteiger partial charge in [0, 0.05) is 25.7 Å². The van der Waals surface area contributed by atoms with E-state index < -0.39 is 0 Å². The summed E-state index contributed by atoms with van der Waals surface area (Å²) in [5, 5.41) is 2.96. The van der Waals surface area contributed by atoms with Gasteiger partial charge in [-0.05, 0) is 52.1 Å². The summed E-state index contributed by atoms with van der Waals surface area (Å²) in [7, 11) is 4.32. The minimum atomic E-state index is 0.211. The highest BCUT2D eigenvalue weighted by Gasteiger charge is 2.27. The quantitative estimate of drug-likeness (QED) is 0.813. The standard InChI is InChI=1S/C14H27N3O/c1-16(2)10-12-4-6-13(7-5-12)17-9-3-8-15-14(18)11-17/h12-13H,3-11H2,1-2H3,(H,15,18). The van der Waals surface area contributed by atoms with Crippen molar-refractivity contribution in [2.75, 3.05) is 40.3 Å². The largest absolute Gasteiger partial charge is 0.355 e. The van der Waals surface area contributed by atoms with Gasteiger partial charge in [0.25, 0.3) is 0 Å². The summed E-state index contributed by atoms with van der Waals surface area (Å²) >= 11 is 0. The minimum Gasteiger partial charge on any atom is -0.355 e. The zero-order valence-electron chi connectivity index (χ0n) is 11.8. The first-order valence-corrected chi connectivity index (χ1v) is 7.30. The van der Waals surface area contributed by atoms with Crippen molar-refractivity contribution in [3.63, 3.8) is 0 Å². The predicted molar refractivity (Wildman–Crippen MR) is 73.5 cm³/mol. The molecule has 2 fully saturated rings. The van der Waals surface area contributed by atoms with Crippen molar-refractivity contribution >= 4 is 5.91 Å². The summed E-state index contributed by atoms with van der Waals surface area (Å²) < 4.78 is 0. The zero-order valence-corrected chi connectivity index (χ0v) is 11.8. The van der Waals surface area contributed by atoms with Gasteiger partial charge in [-0.3, -0.25) is 9.69 Å². The van der Waals surface area contributed by atoms with Crippen LogP contribution in [-0.2, 0) is 4.79 Å². The van der Waals surface area contributed by atoms with E-state index in [-0.39, 0.29) is 5.91 Å². The number of carbonyl (C=O) groups excluding carboxylic acids is 1. The molecule has 1 aliphatic heterocycles. The molecule has 0 spiro atoms. The van der Waals surface area contributed by atoms with E-state index in [2.05, 4.69) is 29.2 Å². The smallest absolute Gasteiger partial charge is 0.234 e. The fraction of sp³-hybridized carbons (Fsp3) is 0.929. The predicted octanol–water partition coefficient (Wildman–Crippen LogP) is 0.929. The Bertz CT molecular complexity index is 272. The molecule has 1 saturated carbocycles. The van der Waals surface area contributed by atoms with Crippen molar-refractivity contribution in [2.45, 2.75) is 38.1 Å². The molecule has 18 heavy (non-hydrogen) atoms. The SMILES string of the molecule is CN(C)CC1CCC(N2CCCNC(=O)C2)CC1. The highest BCUT2D eigenvalue weighted by Crippen LogP contribution is 2.28. The molecule has 1 heterocycles. The van der Waals surface area contributed by atoms with E-state index in [0.29, 0.717) is 12.6 Å². The second kappa shape index (κ2) is 6.53. The average molecular weight is 253 g/mol. The van der Waals surface area contributed by atoms with Crippen LogP contribution in [0.3, 0.4) is 0 Å². The molecule has 0 aromatic rings. The van der Waals surface area contributed by atoms with Crippen LogP contribution in [0.4, 0.5) is 0 Å². The van der Waals surface area contributed by atoms with Crippen LogP contribution >= 0.6 is 0 Å². The van der Waals surface area contributed by atoms with Crippen LogP contribution < -0.4 is 5.32 Å². The Balaban J connectivity index is 1.79. The fourth-order valence-corrected chi connectivity index (χ4v) is 3.35. The van der Waals surface area contributed by atoms with Gasteiger partial charge in [0.05, 0.1) is 6.54 Å². The first-order valence-electron chi connectivity index (χ1n) is 7.30. The van der Waals surface area contributed by atoms with Crippen molar-refractivity contribution in [1.29, 1.82) is 0 Å². The fourth-order valence-electron chi connectivity index (χ4n) is 3.35. The molecular weight excluding hydrogens is 226 g/mol. The van der Waals surface area contributed by atoms with Crippen molar-refractivity contribution < 1.29 is 4.79 Å². The first kappa shape index (κ1) is 13.8. The lowest BCUT2D eigenvalue weighted by molar-refractivity contribution is -0.122. The van der Waals surface area contributed by atoms with Gasteiger partial charge in [0.1, 0.15) is 0 Å². The summed E-state index contributed by atoms with van der Waals surface area (Å²) in [5.41, 5.74) is 0. The van der Waals surface area contributed by atoms with Crippen LogP contribution in [0, 0.1) is 5.92 Å². The summed E-state index contributed by atoms with van der Waals surface area (Å²) in [5.74, 6) is 1.07. The van der Waals surface area contributed by atoms with Crippen LogP contribution in [-0.4, -0.2) is 62.0 Å². The summed E-state index contributed by atoms with van der Waals surface area (Å²) in [4.78, 5) is 16.3. The Morgan fingerprint density at radius 2 is 2.00 bits per heavy atom. The lowest BCUT2D eigenvalue weighted by Gasteiger charge is -2.36. The number of carbonyl (C=O) groups is 1. The maximum Gasteiger partial charge on any atom is 0.234 e. The van der Waals surface area contributed by atoms with E-state index in [0.717, 1.165) is 25.4 Å². The molecule has 1 amide bonds. The molecule has 0 aromatic carbocycles. The molecule has 0 radical (unpaired) electrons. The molecule has 104 valence electrons. The van der Waals surface area contributed by atoms with Crippen LogP contribution in [0.25, 0.3) is 0 Å². The summed E-state index contributed by atoms with van der Waals surface area (Å²) in [6, 6.07) is 0.646. The maximum absolute atomic E-state index is 11.6. The van der Waals surface area contributed by atoms with Gasteiger partial charge < -0.3 is 10.2 Å². The lowest BCUT2D eigenvalue weighted by atomic mass is 9.85. The maximum atomic E-state index is 11.6. The molecule has 0 atom stereocenters. The molecule has 2 rings (SSSR count). The molecule has 2 aliphatic rings. The number of nitrogens with zero attached hydrogens (tertiary/aromatic N) is 2. The Kier molecular flexibility index (Phi) is 5.01. The Morgan fingerprint density at radius 3 is 2.67 bits per heavy atom. The zero-order chi connectivity index (χ0) is 13.0. The number of hydrogen-bond acceptors (Lipinski definition) is 3. The van der Waals surface area contributed by atoms with Gasteiger partial charge in [-0.25, -0.2) is 0 Å². The molecule has 0 bridgehead atoms. The van der Waals surface area contributed by atoms with Gasteiger partial charge in [0.15, 0.2) is 0 Å². The van der Waals surface area contributed by atoms with E-state index in [9.17, 15) is 4.79 Å². The van der Waals surface area contributed by atoms with Crippen LogP contribution in [0.2, 0.25) is 0 Å². The average Bonchev–Trinajstić information content (AvgIpc) is 2.54. The highest BCUT2D eigenvalue weighted by molar-refractivity contribution is 5.78. The number of rotatable bonds is 3. The molecule has 0 aromatic heterocycles. The van der Waals surface area contributed by atoms with Gasteiger partial charge in [-0.2, -0.15) is 0 Å². The van der Waals surface area contributed by atoms with Crippen LogP contribution in [0.15, 0.2) is 0 Å². The van der Waals surface area contributed by atoms with Gasteiger partial charge >= 0.3 is 0 Å². The Labute approximate surface area is 111 Å². The van der Waals surface area contributed by atoms with E-state index in [1.165, 1.54) is 32.2 Å². The number of hydrogen-bond donors (Lipinski definition) is 1. The topological polar surface area (TPSA) is 35.6 Å². The van der Waals surface area contributed by atoms with E-state index in [1.54, 1.807) is 0 Å². The molecular formula is C14H27N3O. The normalized spacial score (nSPS) is 31.2. The van der Waals surface area contributed by atoms with Crippen LogP contribution in [0.1, 0.15) is 32.1 Å². The van der Waals surface area contributed by atoms with Crippen molar-refractivity contribution in [1.82, 2.24) is 15.1 Å². The molecule has 4 heteroatoms. The lowest BCUT2D eigenvalue weighted by Crippen LogP contribution is -2.42. The number of nitrogens with one attached hydrogen (secondary N) is 1. The van der Waals surface area contributed by atoms with Gasteiger partial charge in [0.2, 0.25) is 5.91 Å². The summed E-state index contributed by atoms with van der Waals surface area (Å²) in [6.45, 7) is 3.77. The van der Waals surface area contributed by atoms with E-state index in [1.807, 2.05) is 0 Å². The first-order chi connectivity index (χ1) is 8.65. The third-order valence-electron chi connectivity index (χ3n) is 4.25. The second-order valence-corrected chi connectivity index (χ2v) is 6.11. The number of amides is 1. The third kappa shape index (κ3) is 3.95. The highest BCUT2D eigenvalue weighted by atomic mass is 16.2. The second-order valence-electron chi connectivity index (χ2n) is 6.11. The van der Waals surface area contributed by atoms with Crippen molar-refractivity contribution in [2.24, 2.45) is 5.92 Å². The molecule has 4 nitrogen and oxygen atoms in total. The Hall–Kier alpha value is -0.610. The van der Waals surface area contributed by atoms with Crippen molar-refractivity contribution in [3.05, 3.63) is 0 Å².